The van der Waals surface area contributed by atoms with Gasteiger partial charge in [-0.25, -0.2) is 0 Å². The molecule has 0 atom stereocenters. The van der Waals surface area contributed by atoms with Crippen molar-refractivity contribution in [3.8, 4) is 0 Å². The molecule has 3 N–H and O–H groups in total. The van der Waals surface area contributed by atoms with Crippen molar-refractivity contribution in [2.75, 3.05) is 13.2 Å². The summed E-state index contributed by atoms with van der Waals surface area (Å²) in [6.45, 7) is 9.87. The van der Waals surface area contributed by atoms with Crippen LogP contribution in [0.25, 0.3) is 0 Å². The highest BCUT2D eigenvalue weighted by atomic mass is 16.5. The van der Waals surface area contributed by atoms with Crippen LogP contribution in [0.4, 0.5) is 0 Å². The monoisotopic (exact) mass is 230 g/mol. The molecule has 0 unspecified atom stereocenters. The summed E-state index contributed by atoms with van der Waals surface area (Å²) in [6, 6.07) is 0. The standard InChI is InChI=1S/C12H26N2O2/c1-10(2)6-9-16-8-5-7-12(3,4)11(13)14-15/h10,15H,5-9H2,1-4H3,(H2,13,14). The lowest BCUT2D eigenvalue weighted by atomic mass is 9.87. The van der Waals surface area contributed by atoms with Crippen LogP contribution in [0, 0.1) is 11.3 Å². The molecule has 0 aliphatic heterocycles. The molecule has 0 heterocycles. The lowest BCUT2D eigenvalue weighted by molar-refractivity contribution is 0.115. The summed E-state index contributed by atoms with van der Waals surface area (Å²) < 4.78 is 5.51. The largest absolute Gasteiger partial charge is 0.409 e. The highest BCUT2D eigenvalue weighted by Crippen LogP contribution is 2.22. The number of hydrogen-bond acceptors (Lipinski definition) is 3. The van der Waals surface area contributed by atoms with E-state index in [2.05, 4.69) is 19.0 Å². The highest BCUT2D eigenvalue weighted by molar-refractivity contribution is 5.85. The fourth-order valence-corrected chi connectivity index (χ4v) is 1.30. The van der Waals surface area contributed by atoms with E-state index in [1.165, 1.54) is 0 Å². The lowest BCUT2D eigenvalue weighted by Crippen LogP contribution is -2.32. The van der Waals surface area contributed by atoms with E-state index in [1.807, 2.05) is 13.8 Å². The first-order valence-corrected chi connectivity index (χ1v) is 5.96. The fraction of sp³-hybridized carbons (Fsp3) is 0.917. The van der Waals surface area contributed by atoms with Crippen LogP contribution in [0.2, 0.25) is 0 Å². The van der Waals surface area contributed by atoms with Crippen LogP contribution < -0.4 is 5.73 Å². The summed E-state index contributed by atoms with van der Waals surface area (Å²) in [6.07, 6.45) is 2.90. The van der Waals surface area contributed by atoms with Gasteiger partial charge in [0.05, 0.1) is 0 Å². The Morgan fingerprint density at radius 3 is 2.50 bits per heavy atom. The number of nitrogens with two attached hydrogens (primary N) is 1. The summed E-state index contributed by atoms with van der Waals surface area (Å²) in [5, 5.41) is 11.7. The van der Waals surface area contributed by atoms with Gasteiger partial charge in [0.2, 0.25) is 0 Å². The predicted octanol–water partition coefficient (Wildman–Crippen LogP) is 2.60. The molecule has 0 aromatic heterocycles. The van der Waals surface area contributed by atoms with Crippen LogP contribution in [0.1, 0.15) is 47.0 Å². The summed E-state index contributed by atoms with van der Waals surface area (Å²) in [4.78, 5) is 0. The first kappa shape index (κ1) is 15.2. The minimum absolute atomic E-state index is 0.254. The average Bonchev–Trinajstić information content (AvgIpc) is 2.21. The van der Waals surface area contributed by atoms with E-state index in [1.54, 1.807) is 0 Å². The molecule has 96 valence electrons. The van der Waals surface area contributed by atoms with Gasteiger partial charge in [-0.05, 0) is 25.2 Å². The molecule has 4 nitrogen and oxygen atoms in total. The van der Waals surface area contributed by atoms with Crippen LogP contribution in [-0.2, 0) is 4.74 Å². The molecule has 0 aromatic carbocycles. The second-order valence-corrected chi connectivity index (χ2v) is 5.27. The van der Waals surface area contributed by atoms with E-state index < -0.39 is 0 Å². The zero-order valence-corrected chi connectivity index (χ0v) is 11.0. The van der Waals surface area contributed by atoms with E-state index in [0.717, 1.165) is 32.5 Å². The van der Waals surface area contributed by atoms with E-state index >= 15 is 0 Å². The second-order valence-electron chi connectivity index (χ2n) is 5.27. The molecule has 0 aromatic rings. The van der Waals surface area contributed by atoms with Gasteiger partial charge in [0.1, 0.15) is 5.84 Å². The Morgan fingerprint density at radius 2 is 2.00 bits per heavy atom. The first-order chi connectivity index (χ1) is 7.40. The Kier molecular flexibility index (Phi) is 7.13. The van der Waals surface area contributed by atoms with E-state index in [9.17, 15) is 0 Å². The minimum Gasteiger partial charge on any atom is -0.409 e. The molecule has 0 saturated heterocycles. The maximum atomic E-state index is 8.60. The number of nitrogens with zero attached hydrogens (tertiary/aromatic N) is 1. The quantitative estimate of drug-likeness (QED) is 0.221. The van der Waals surface area contributed by atoms with Gasteiger partial charge in [-0.15, -0.1) is 0 Å². The third-order valence-electron chi connectivity index (χ3n) is 2.73. The van der Waals surface area contributed by atoms with Gasteiger partial charge in [-0.1, -0.05) is 32.9 Å². The number of ether oxygens (including phenoxy) is 1. The van der Waals surface area contributed by atoms with E-state index in [4.69, 9.17) is 15.7 Å². The van der Waals surface area contributed by atoms with Crippen molar-refractivity contribution in [1.29, 1.82) is 0 Å². The molecule has 0 radical (unpaired) electrons. The summed E-state index contributed by atoms with van der Waals surface area (Å²) in [5.41, 5.74) is 5.34. The van der Waals surface area contributed by atoms with E-state index in [0.29, 0.717) is 5.92 Å². The Labute approximate surface area is 98.9 Å². The zero-order valence-electron chi connectivity index (χ0n) is 11.0. The Bertz CT molecular complexity index is 213. The van der Waals surface area contributed by atoms with Gasteiger partial charge in [0.15, 0.2) is 0 Å². The Morgan fingerprint density at radius 1 is 1.38 bits per heavy atom. The zero-order chi connectivity index (χ0) is 12.6. The van der Waals surface area contributed by atoms with Crippen molar-refractivity contribution in [1.82, 2.24) is 0 Å². The van der Waals surface area contributed by atoms with E-state index in [-0.39, 0.29) is 11.3 Å². The minimum atomic E-state index is -0.254. The van der Waals surface area contributed by atoms with Crippen LogP contribution in [0.15, 0.2) is 5.16 Å². The van der Waals surface area contributed by atoms with Crippen molar-refractivity contribution in [3.05, 3.63) is 0 Å². The molecular weight excluding hydrogens is 204 g/mol. The van der Waals surface area contributed by atoms with Crippen LogP contribution in [0.3, 0.4) is 0 Å². The van der Waals surface area contributed by atoms with Crippen LogP contribution in [0.5, 0.6) is 0 Å². The maximum Gasteiger partial charge on any atom is 0.144 e. The number of rotatable bonds is 8. The molecule has 0 bridgehead atoms. The third kappa shape index (κ3) is 6.67. The molecule has 0 spiro atoms. The number of amidine groups is 1. The molecule has 0 rings (SSSR count). The molecule has 4 heteroatoms. The molecular formula is C12H26N2O2. The van der Waals surface area contributed by atoms with Crippen molar-refractivity contribution in [2.24, 2.45) is 22.2 Å². The van der Waals surface area contributed by atoms with Crippen molar-refractivity contribution < 1.29 is 9.94 Å². The Balaban J connectivity index is 3.59. The van der Waals surface area contributed by atoms with Gasteiger partial charge in [-0.2, -0.15) is 0 Å². The third-order valence-corrected chi connectivity index (χ3v) is 2.73. The van der Waals surface area contributed by atoms with Crippen molar-refractivity contribution in [2.45, 2.75) is 47.0 Å². The highest BCUT2D eigenvalue weighted by Gasteiger charge is 2.22. The SMILES string of the molecule is CC(C)CCOCCCC(C)(C)C(N)=NO. The van der Waals surface area contributed by atoms with Gasteiger partial charge in [0, 0.05) is 18.6 Å². The summed E-state index contributed by atoms with van der Waals surface area (Å²) in [5.74, 6) is 0.975. The molecule has 0 saturated carbocycles. The van der Waals surface area contributed by atoms with Gasteiger partial charge < -0.3 is 15.7 Å². The molecule has 0 amide bonds. The summed E-state index contributed by atoms with van der Waals surface area (Å²) >= 11 is 0. The van der Waals surface area contributed by atoms with Crippen molar-refractivity contribution in [3.63, 3.8) is 0 Å². The van der Waals surface area contributed by atoms with Crippen LogP contribution >= 0.6 is 0 Å². The smallest absolute Gasteiger partial charge is 0.144 e. The van der Waals surface area contributed by atoms with Crippen molar-refractivity contribution >= 4 is 5.84 Å². The fourth-order valence-electron chi connectivity index (χ4n) is 1.30. The maximum absolute atomic E-state index is 8.60. The topological polar surface area (TPSA) is 67.8 Å². The molecule has 16 heavy (non-hydrogen) atoms. The van der Waals surface area contributed by atoms with Crippen LogP contribution in [-0.4, -0.2) is 24.3 Å². The Hall–Kier alpha value is -0.770. The van der Waals surface area contributed by atoms with Gasteiger partial charge >= 0.3 is 0 Å². The predicted molar refractivity (Wildman–Crippen MR) is 66.7 cm³/mol. The van der Waals surface area contributed by atoms with Gasteiger partial charge in [-0.3, -0.25) is 0 Å². The second kappa shape index (κ2) is 7.49. The van der Waals surface area contributed by atoms with Gasteiger partial charge in [0.25, 0.3) is 0 Å². The number of oxime groups is 1. The molecule has 0 aliphatic carbocycles. The average molecular weight is 230 g/mol. The molecule has 0 aliphatic rings. The normalized spacial score (nSPS) is 13.4. The lowest BCUT2D eigenvalue weighted by Gasteiger charge is -2.22. The summed E-state index contributed by atoms with van der Waals surface area (Å²) in [7, 11) is 0. The molecule has 0 fully saturated rings. The first-order valence-electron chi connectivity index (χ1n) is 5.96. The number of hydrogen-bond donors (Lipinski definition) is 2.